The first-order chi connectivity index (χ1) is 15.1. The number of rotatable bonds is 6. The quantitative estimate of drug-likeness (QED) is 0.566. The molecule has 7 nitrogen and oxygen atoms in total. The molecular formula is C23H24N4O3S. The van der Waals surface area contributed by atoms with Crippen LogP contribution in [-0.2, 0) is 0 Å². The van der Waals surface area contributed by atoms with Crippen molar-refractivity contribution < 1.29 is 14.3 Å². The molecular weight excluding hydrogens is 412 g/mol. The van der Waals surface area contributed by atoms with Gasteiger partial charge in [-0.25, -0.2) is 9.99 Å². The molecule has 1 aromatic carbocycles. The van der Waals surface area contributed by atoms with E-state index in [0.717, 1.165) is 34.8 Å². The van der Waals surface area contributed by atoms with Crippen LogP contribution in [0, 0.1) is 6.92 Å². The van der Waals surface area contributed by atoms with Crippen molar-refractivity contribution in [1.29, 1.82) is 0 Å². The maximum atomic E-state index is 13.2. The second-order valence-corrected chi connectivity index (χ2v) is 8.02. The highest BCUT2D eigenvalue weighted by atomic mass is 32.1. The summed E-state index contributed by atoms with van der Waals surface area (Å²) < 4.78 is 11.1. The van der Waals surface area contributed by atoms with E-state index in [1.165, 1.54) is 11.3 Å². The fraction of sp³-hybridized carbons (Fsp3) is 0.304. The Morgan fingerprint density at radius 3 is 2.84 bits per heavy atom. The predicted molar refractivity (Wildman–Crippen MR) is 121 cm³/mol. The number of pyridine rings is 1. The van der Waals surface area contributed by atoms with Crippen molar-refractivity contribution in [3.05, 3.63) is 58.7 Å². The minimum atomic E-state index is -0.132. The lowest BCUT2D eigenvalue weighted by atomic mass is 10.0. The van der Waals surface area contributed by atoms with E-state index in [0.29, 0.717) is 35.2 Å². The maximum Gasteiger partial charge on any atom is 0.285 e. The van der Waals surface area contributed by atoms with Gasteiger partial charge in [0, 0.05) is 18.3 Å². The third-order valence-corrected chi connectivity index (χ3v) is 6.10. The van der Waals surface area contributed by atoms with Crippen LogP contribution < -0.4 is 9.47 Å². The largest absolute Gasteiger partial charge is 0.493 e. The van der Waals surface area contributed by atoms with E-state index in [2.05, 4.69) is 15.1 Å². The minimum absolute atomic E-state index is 0.132. The first kappa shape index (κ1) is 21.0. The van der Waals surface area contributed by atoms with Gasteiger partial charge in [0.2, 0.25) is 0 Å². The van der Waals surface area contributed by atoms with E-state index >= 15 is 0 Å². The molecule has 1 aliphatic heterocycles. The molecule has 1 aliphatic rings. The molecule has 0 saturated carbocycles. The SMILES string of the molecule is CCOc1cc(C2=NN(C(=O)c3sc(-c4ccccn4)nc3C)CCC2)ccc1OC. The number of amides is 1. The van der Waals surface area contributed by atoms with Gasteiger partial charge >= 0.3 is 0 Å². The topological polar surface area (TPSA) is 76.9 Å². The number of benzene rings is 1. The summed E-state index contributed by atoms with van der Waals surface area (Å²) in [4.78, 5) is 22.7. The zero-order valence-electron chi connectivity index (χ0n) is 17.8. The smallest absolute Gasteiger partial charge is 0.285 e. The van der Waals surface area contributed by atoms with Crippen LogP contribution in [0.5, 0.6) is 11.5 Å². The molecule has 0 saturated heterocycles. The summed E-state index contributed by atoms with van der Waals surface area (Å²) in [6.07, 6.45) is 3.36. The highest BCUT2D eigenvalue weighted by Gasteiger charge is 2.25. The summed E-state index contributed by atoms with van der Waals surface area (Å²) in [6.45, 7) is 4.90. The second-order valence-electron chi connectivity index (χ2n) is 7.03. The molecule has 8 heteroatoms. The van der Waals surface area contributed by atoms with E-state index in [1.807, 2.05) is 50.2 Å². The minimum Gasteiger partial charge on any atom is -0.493 e. The number of carbonyl (C=O) groups is 1. The average Bonchev–Trinajstić information content (AvgIpc) is 3.21. The van der Waals surface area contributed by atoms with Crippen LogP contribution in [0.1, 0.15) is 40.7 Å². The van der Waals surface area contributed by atoms with Gasteiger partial charge in [-0.3, -0.25) is 9.78 Å². The molecule has 3 heterocycles. The molecule has 0 N–H and O–H groups in total. The number of thiazole rings is 1. The number of aryl methyl sites for hydroxylation is 1. The first-order valence-electron chi connectivity index (χ1n) is 10.2. The Morgan fingerprint density at radius 1 is 1.23 bits per heavy atom. The second kappa shape index (κ2) is 9.26. The van der Waals surface area contributed by atoms with Crippen molar-refractivity contribution >= 4 is 23.0 Å². The molecule has 0 atom stereocenters. The van der Waals surface area contributed by atoms with Crippen molar-refractivity contribution in [2.75, 3.05) is 20.3 Å². The molecule has 0 aliphatic carbocycles. The average molecular weight is 437 g/mol. The Balaban J connectivity index is 1.61. The summed E-state index contributed by atoms with van der Waals surface area (Å²) in [5, 5.41) is 6.96. The highest BCUT2D eigenvalue weighted by Crippen LogP contribution is 2.31. The van der Waals surface area contributed by atoms with E-state index in [4.69, 9.17) is 9.47 Å². The maximum absolute atomic E-state index is 13.2. The van der Waals surface area contributed by atoms with E-state index in [-0.39, 0.29) is 5.91 Å². The fourth-order valence-electron chi connectivity index (χ4n) is 3.43. The van der Waals surface area contributed by atoms with Crippen molar-refractivity contribution in [3.8, 4) is 22.2 Å². The molecule has 160 valence electrons. The van der Waals surface area contributed by atoms with Gasteiger partial charge in [-0.1, -0.05) is 6.07 Å². The Kier molecular flexibility index (Phi) is 6.27. The van der Waals surface area contributed by atoms with Crippen molar-refractivity contribution in [3.63, 3.8) is 0 Å². The number of nitrogens with zero attached hydrogens (tertiary/aromatic N) is 4. The van der Waals surface area contributed by atoms with Gasteiger partial charge in [0.1, 0.15) is 9.88 Å². The molecule has 1 amide bonds. The Labute approximate surface area is 185 Å². The zero-order chi connectivity index (χ0) is 21.8. The van der Waals surface area contributed by atoms with Crippen LogP contribution in [0.15, 0.2) is 47.7 Å². The molecule has 0 unspecified atom stereocenters. The lowest BCUT2D eigenvalue weighted by Crippen LogP contribution is -2.32. The summed E-state index contributed by atoms with van der Waals surface area (Å²) in [5.41, 5.74) is 3.24. The van der Waals surface area contributed by atoms with Crippen LogP contribution in [0.3, 0.4) is 0 Å². The van der Waals surface area contributed by atoms with Gasteiger partial charge in [-0.05, 0) is 57.0 Å². The lowest BCUT2D eigenvalue weighted by molar-refractivity contribution is 0.0755. The number of carbonyl (C=O) groups excluding carboxylic acids is 1. The lowest BCUT2D eigenvalue weighted by Gasteiger charge is -2.23. The van der Waals surface area contributed by atoms with Crippen molar-refractivity contribution in [2.24, 2.45) is 5.10 Å². The standard InChI is InChI=1S/C23H24N4O3S/c1-4-30-20-14-16(10-11-19(20)29-3)17-9-7-13-27(26-17)23(28)21-15(2)25-22(31-21)18-8-5-6-12-24-18/h5-6,8,10-12,14H,4,7,9,13H2,1-3H3. The molecule has 0 spiro atoms. The van der Waals surface area contributed by atoms with E-state index < -0.39 is 0 Å². The first-order valence-corrected chi connectivity index (χ1v) is 11.0. The number of ether oxygens (including phenoxy) is 2. The molecule has 3 aromatic rings. The molecule has 4 rings (SSSR count). The zero-order valence-corrected chi connectivity index (χ0v) is 18.6. The van der Waals surface area contributed by atoms with Gasteiger partial charge < -0.3 is 9.47 Å². The summed E-state index contributed by atoms with van der Waals surface area (Å²) in [5.74, 6) is 1.22. The number of methoxy groups -OCH3 is 1. The van der Waals surface area contributed by atoms with E-state index in [1.54, 1.807) is 18.3 Å². The van der Waals surface area contributed by atoms with Crippen molar-refractivity contribution in [2.45, 2.75) is 26.7 Å². The summed E-state index contributed by atoms with van der Waals surface area (Å²) in [6, 6.07) is 11.4. The predicted octanol–water partition coefficient (Wildman–Crippen LogP) is 4.56. The Hall–Kier alpha value is -3.26. The number of hydrazone groups is 1. The monoisotopic (exact) mass is 436 g/mol. The number of aromatic nitrogens is 2. The number of hydrogen-bond acceptors (Lipinski definition) is 7. The third-order valence-electron chi connectivity index (χ3n) is 4.93. The van der Waals surface area contributed by atoms with Crippen LogP contribution in [0.25, 0.3) is 10.7 Å². The van der Waals surface area contributed by atoms with Gasteiger partial charge in [-0.15, -0.1) is 11.3 Å². The van der Waals surface area contributed by atoms with Crippen LogP contribution >= 0.6 is 11.3 Å². The fourth-order valence-corrected chi connectivity index (χ4v) is 4.41. The van der Waals surface area contributed by atoms with Crippen molar-refractivity contribution in [1.82, 2.24) is 15.0 Å². The molecule has 31 heavy (non-hydrogen) atoms. The molecule has 0 radical (unpaired) electrons. The Bertz CT molecular complexity index is 1110. The molecule has 2 aromatic heterocycles. The molecule has 0 bridgehead atoms. The van der Waals surface area contributed by atoms with Crippen LogP contribution in [-0.4, -0.2) is 46.9 Å². The van der Waals surface area contributed by atoms with Gasteiger partial charge in [-0.2, -0.15) is 5.10 Å². The summed E-state index contributed by atoms with van der Waals surface area (Å²) in [7, 11) is 1.62. The molecule has 0 fully saturated rings. The van der Waals surface area contributed by atoms with Crippen LogP contribution in [0.2, 0.25) is 0 Å². The van der Waals surface area contributed by atoms with E-state index in [9.17, 15) is 4.79 Å². The Morgan fingerprint density at radius 2 is 2.10 bits per heavy atom. The van der Waals surface area contributed by atoms with Gasteiger partial charge in [0.15, 0.2) is 11.5 Å². The van der Waals surface area contributed by atoms with Crippen LogP contribution in [0.4, 0.5) is 0 Å². The van der Waals surface area contributed by atoms with Gasteiger partial charge in [0.05, 0.1) is 30.8 Å². The normalized spacial score (nSPS) is 13.6. The summed E-state index contributed by atoms with van der Waals surface area (Å²) >= 11 is 1.35. The third kappa shape index (κ3) is 4.44. The number of hydrogen-bond donors (Lipinski definition) is 0. The highest BCUT2D eigenvalue weighted by molar-refractivity contribution is 7.17. The van der Waals surface area contributed by atoms with Gasteiger partial charge in [0.25, 0.3) is 5.91 Å².